The minimum absolute atomic E-state index is 0.647. The molecule has 1 fully saturated rings. The Kier molecular flexibility index (Phi) is 4.84. The van der Waals surface area contributed by atoms with Crippen molar-refractivity contribution in [3.63, 3.8) is 0 Å². The summed E-state index contributed by atoms with van der Waals surface area (Å²) in [6.07, 6.45) is 2.26. The minimum Gasteiger partial charge on any atom is -0.314 e. The van der Waals surface area contributed by atoms with Crippen LogP contribution in [0.25, 0.3) is 0 Å². The van der Waals surface area contributed by atoms with Crippen molar-refractivity contribution in [2.75, 3.05) is 26.2 Å². The molecular weight excluding hydrogens is 232 g/mol. The highest BCUT2D eigenvalue weighted by Crippen LogP contribution is 2.18. The molecule has 1 aromatic carbocycles. The van der Waals surface area contributed by atoms with Gasteiger partial charge in [-0.25, -0.2) is 0 Å². The van der Waals surface area contributed by atoms with E-state index < -0.39 is 0 Å². The SMILES string of the molecule is CC(CCc1ccccc1Cl)N1CCNCC1. The van der Waals surface area contributed by atoms with Crippen molar-refractivity contribution in [1.29, 1.82) is 0 Å². The highest BCUT2D eigenvalue weighted by molar-refractivity contribution is 6.31. The lowest BCUT2D eigenvalue weighted by atomic mass is 10.0. The number of rotatable bonds is 4. The quantitative estimate of drug-likeness (QED) is 0.886. The van der Waals surface area contributed by atoms with E-state index in [-0.39, 0.29) is 0 Å². The molecular formula is C14H21ClN2. The first-order valence-corrected chi connectivity index (χ1v) is 6.83. The summed E-state index contributed by atoms with van der Waals surface area (Å²) < 4.78 is 0. The Morgan fingerprint density at radius 2 is 2.00 bits per heavy atom. The maximum atomic E-state index is 6.17. The standard InChI is InChI=1S/C14H21ClN2/c1-12(17-10-8-16-9-11-17)6-7-13-4-2-3-5-14(13)15/h2-5,12,16H,6-11H2,1H3. The molecule has 0 radical (unpaired) electrons. The van der Waals surface area contributed by atoms with Gasteiger partial charge in [0.1, 0.15) is 0 Å². The highest BCUT2D eigenvalue weighted by Gasteiger charge is 2.16. The zero-order valence-electron chi connectivity index (χ0n) is 10.5. The van der Waals surface area contributed by atoms with Gasteiger partial charge in [-0.05, 0) is 31.4 Å². The molecule has 1 aromatic rings. The molecule has 2 nitrogen and oxygen atoms in total. The zero-order valence-corrected chi connectivity index (χ0v) is 11.2. The summed E-state index contributed by atoms with van der Waals surface area (Å²) in [5.74, 6) is 0. The van der Waals surface area contributed by atoms with Crippen LogP contribution in [0.5, 0.6) is 0 Å². The van der Waals surface area contributed by atoms with Crippen LogP contribution in [-0.4, -0.2) is 37.1 Å². The molecule has 0 bridgehead atoms. The molecule has 1 unspecified atom stereocenters. The smallest absolute Gasteiger partial charge is 0.0437 e. The number of nitrogens with zero attached hydrogens (tertiary/aromatic N) is 1. The van der Waals surface area contributed by atoms with Gasteiger partial charge in [-0.1, -0.05) is 29.8 Å². The number of nitrogens with one attached hydrogen (secondary N) is 1. The Morgan fingerprint density at radius 1 is 1.29 bits per heavy atom. The summed E-state index contributed by atoms with van der Waals surface area (Å²) in [6.45, 7) is 6.91. The van der Waals surface area contributed by atoms with Crippen LogP contribution in [0.3, 0.4) is 0 Å². The lowest BCUT2D eigenvalue weighted by molar-refractivity contribution is 0.177. The molecule has 2 rings (SSSR count). The zero-order chi connectivity index (χ0) is 12.1. The molecule has 94 valence electrons. The van der Waals surface area contributed by atoms with E-state index in [4.69, 9.17) is 11.6 Å². The van der Waals surface area contributed by atoms with E-state index in [1.165, 1.54) is 25.1 Å². The molecule has 0 spiro atoms. The second-order valence-corrected chi connectivity index (χ2v) is 5.17. The molecule has 1 aliphatic heterocycles. The van der Waals surface area contributed by atoms with E-state index in [1.54, 1.807) is 0 Å². The first-order chi connectivity index (χ1) is 8.27. The average molecular weight is 253 g/mol. The van der Waals surface area contributed by atoms with Gasteiger partial charge in [0.15, 0.2) is 0 Å². The van der Waals surface area contributed by atoms with E-state index in [9.17, 15) is 0 Å². The van der Waals surface area contributed by atoms with Crippen molar-refractivity contribution in [3.8, 4) is 0 Å². The molecule has 0 aliphatic carbocycles. The summed E-state index contributed by atoms with van der Waals surface area (Å²) in [7, 11) is 0. The Balaban J connectivity index is 1.83. The van der Waals surface area contributed by atoms with Crippen molar-refractivity contribution in [2.45, 2.75) is 25.8 Å². The second-order valence-electron chi connectivity index (χ2n) is 4.77. The molecule has 0 aromatic heterocycles. The third-order valence-corrected chi connectivity index (χ3v) is 3.93. The fraction of sp³-hybridized carbons (Fsp3) is 0.571. The lowest BCUT2D eigenvalue weighted by Crippen LogP contribution is -2.47. The van der Waals surface area contributed by atoms with Gasteiger partial charge in [-0.2, -0.15) is 0 Å². The van der Waals surface area contributed by atoms with Crippen molar-refractivity contribution in [2.24, 2.45) is 0 Å². The second kappa shape index (κ2) is 6.39. The molecule has 1 N–H and O–H groups in total. The van der Waals surface area contributed by atoms with E-state index in [0.29, 0.717) is 6.04 Å². The molecule has 17 heavy (non-hydrogen) atoms. The molecule has 3 heteroatoms. The maximum Gasteiger partial charge on any atom is 0.0437 e. The van der Waals surface area contributed by atoms with Gasteiger partial charge in [-0.15, -0.1) is 0 Å². The maximum absolute atomic E-state index is 6.17. The van der Waals surface area contributed by atoms with Crippen LogP contribution in [0.4, 0.5) is 0 Å². The third-order valence-electron chi connectivity index (χ3n) is 3.56. The van der Waals surface area contributed by atoms with Crippen LogP contribution in [0.1, 0.15) is 18.9 Å². The van der Waals surface area contributed by atoms with Gasteiger partial charge in [-0.3, -0.25) is 4.90 Å². The van der Waals surface area contributed by atoms with Crippen molar-refractivity contribution in [1.82, 2.24) is 10.2 Å². The Bertz CT molecular complexity index is 348. The fourth-order valence-electron chi connectivity index (χ4n) is 2.37. The van der Waals surface area contributed by atoms with Crippen LogP contribution >= 0.6 is 11.6 Å². The normalized spacial score (nSPS) is 19.2. The fourth-order valence-corrected chi connectivity index (χ4v) is 2.60. The number of aryl methyl sites for hydroxylation is 1. The number of halogens is 1. The van der Waals surface area contributed by atoms with E-state index in [2.05, 4.69) is 29.3 Å². The summed E-state index contributed by atoms with van der Waals surface area (Å²) >= 11 is 6.17. The predicted molar refractivity (Wildman–Crippen MR) is 73.7 cm³/mol. The predicted octanol–water partition coefficient (Wildman–Crippen LogP) is 2.57. The van der Waals surface area contributed by atoms with Crippen LogP contribution in [-0.2, 0) is 6.42 Å². The minimum atomic E-state index is 0.647. The van der Waals surface area contributed by atoms with Gasteiger partial charge in [0.2, 0.25) is 0 Å². The molecule has 0 amide bonds. The Hall–Kier alpha value is -0.570. The van der Waals surface area contributed by atoms with Crippen molar-refractivity contribution in [3.05, 3.63) is 34.9 Å². The van der Waals surface area contributed by atoms with E-state index in [1.807, 2.05) is 12.1 Å². The molecule has 1 saturated heterocycles. The molecule has 1 heterocycles. The van der Waals surface area contributed by atoms with Gasteiger partial charge in [0.25, 0.3) is 0 Å². The van der Waals surface area contributed by atoms with Crippen LogP contribution < -0.4 is 5.32 Å². The number of benzene rings is 1. The largest absolute Gasteiger partial charge is 0.314 e. The lowest BCUT2D eigenvalue weighted by Gasteiger charge is -2.32. The molecule has 1 aliphatic rings. The van der Waals surface area contributed by atoms with Gasteiger partial charge < -0.3 is 5.32 Å². The van der Waals surface area contributed by atoms with Gasteiger partial charge in [0.05, 0.1) is 0 Å². The molecule has 1 atom stereocenters. The topological polar surface area (TPSA) is 15.3 Å². The molecule has 0 saturated carbocycles. The first-order valence-electron chi connectivity index (χ1n) is 6.45. The monoisotopic (exact) mass is 252 g/mol. The summed E-state index contributed by atoms with van der Waals surface area (Å²) in [6, 6.07) is 8.81. The third kappa shape index (κ3) is 3.70. The summed E-state index contributed by atoms with van der Waals surface area (Å²) in [5, 5.41) is 4.29. The number of piperazine rings is 1. The first kappa shape index (κ1) is 12.9. The number of hydrogen-bond acceptors (Lipinski definition) is 2. The summed E-state index contributed by atoms with van der Waals surface area (Å²) in [5.41, 5.74) is 1.27. The Morgan fingerprint density at radius 3 is 2.71 bits per heavy atom. The van der Waals surface area contributed by atoms with Gasteiger partial charge >= 0.3 is 0 Å². The van der Waals surface area contributed by atoms with E-state index in [0.717, 1.165) is 24.5 Å². The average Bonchev–Trinajstić information content (AvgIpc) is 2.38. The summed E-state index contributed by atoms with van der Waals surface area (Å²) in [4.78, 5) is 2.56. The highest BCUT2D eigenvalue weighted by atomic mass is 35.5. The number of hydrogen-bond donors (Lipinski definition) is 1. The van der Waals surface area contributed by atoms with Crippen LogP contribution in [0.2, 0.25) is 5.02 Å². The van der Waals surface area contributed by atoms with E-state index >= 15 is 0 Å². The Labute approximate surface area is 109 Å². The van der Waals surface area contributed by atoms with Crippen LogP contribution in [0.15, 0.2) is 24.3 Å². The van der Waals surface area contributed by atoms with Crippen LogP contribution in [0, 0.1) is 0 Å². The van der Waals surface area contributed by atoms with Crippen molar-refractivity contribution < 1.29 is 0 Å². The van der Waals surface area contributed by atoms with Gasteiger partial charge in [0, 0.05) is 37.2 Å². The van der Waals surface area contributed by atoms with Crippen molar-refractivity contribution >= 4 is 11.6 Å².